The minimum absolute atomic E-state index is 0.252. The second-order valence-electron chi connectivity index (χ2n) is 4.36. The number of aromatic nitrogens is 3. The highest BCUT2D eigenvalue weighted by atomic mass is 79.9. The van der Waals surface area contributed by atoms with E-state index in [9.17, 15) is 9.59 Å². The van der Waals surface area contributed by atoms with Crippen LogP contribution < -0.4 is 5.69 Å². The molecule has 0 aliphatic rings. The molecule has 0 bridgehead atoms. The van der Waals surface area contributed by atoms with E-state index in [4.69, 9.17) is 11.6 Å². The summed E-state index contributed by atoms with van der Waals surface area (Å²) in [5.41, 5.74) is 0.272. The Morgan fingerprint density at radius 3 is 2.86 bits per heavy atom. The number of hydrogen-bond acceptors (Lipinski definition) is 4. The van der Waals surface area contributed by atoms with E-state index in [1.165, 1.54) is 11.7 Å². The highest BCUT2D eigenvalue weighted by Crippen LogP contribution is 2.29. The molecule has 2 aromatic rings. The maximum Gasteiger partial charge on any atom is 0.347 e. The molecule has 116 valence electrons. The van der Waals surface area contributed by atoms with Gasteiger partial charge in [-0.15, -0.1) is 11.7 Å². The zero-order chi connectivity index (χ0) is 16.3. The van der Waals surface area contributed by atoms with Crippen molar-refractivity contribution in [2.75, 3.05) is 7.11 Å². The molecule has 0 aliphatic carbocycles. The average Bonchev–Trinajstić information content (AvgIpc) is 2.77. The van der Waals surface area contributed by atoms with E-state index in [2.05, 4.69) is 32.3 Å². The van der Waals surface area contributed by atoms with Crippen molar-refractivity contribution in [1.29, 1.82) is 0 Å². The molecule has 2 rings (SSSR count). The van der Waals surface area contributed by atoms with Gasteiger partial charge in [0.05, 0.1) is 7.11 Å². The molecular formula is C14H13BrClN3O3. The maximum absolute atomic E-state index is 12.3. The summed E-state index contributed by atoms with van der Waals surface area (Å²) in [7, 11) is 1.25. The van der Waals surface area contributed by atoms with E-state index in [-0.39, 0.29) is 13.1 Å². The quantitative estimate of drug-likeness (QED) is 0.585. The molecule has 0 N–H and O–H groups in total. The lowest BCUT2D eigenvalue weighted by molar-refractivity contribution is -0.141. The van der Waals surface area contributed by atoms with Crippen LogP contribution in [-0.2, 0) is 22.6 Å². The van der Waals surface area contributed by atoms with E-state index in [0.717, 1.165) is 4.68 Å². The van der Waals surface area contributed by atoms with Gasteiger partial charge in [0, 0.05) is 21.6 Å². The normalized spacial score (nSPS) is 10.5. The Morgan fingerprint density at radius 1 is 1.55 bits per heavy atom. The average molecular weight is 387 g/mol. The molecule has 1 aromatic carbocycles. The molecule has 1 heterocycles. The number of rotatable bonds is 5. The van der Waals surface area contributed by atoms with E-state index in [1.54, 1.807) is 24.3 Å². The Balaban J connectivity index is 2.58. The van der Waals surface area contributed by atoms with Crippen molar-refractivity contribution in [2.24, 2.45) is 0 Å². The first-order valence-electron chi connectivity index (χ1n) is 6.28. The summed E-state index contributed by atoms with van der Waals surface area (Å²) < 4.78 is 7.75. The Bertz CT molecular complexity index is 782. The van der Waals surface area contributed by atoms with Crippen LogP contribution in [0.25, 0.3) is 11.4 Å². The van der Waals surface area contributed by atoms with Gasteiger partial charge in [0.25, 0.3) is 0 Å². The van der Waals surface area contributed by atoms with Gasteiger partial charge < -0.3 is 4.74 Å². The van der Waals surface area contributed by atoms with Gasteiger partial charge in [-0.3, -0.25) is 9.36 Å². The fourth-order valence-corrected chi connectivity index (χ4v) is 2.75. The van der Waals surface area contributed by atoms with E-state index in [0.29, 0.717) is 20.9 Å². The van der Waals surface area contributed by atoms with Crippen LogP contribution in [0.1, 0.15) is 0 Å². The molecule has 0 aliphatic heterocycles. The third kappa shape index (κ3) is 3.31. The second-order valence-corrected chi connectivity index (χ2v) is 5.65. The molecule has 0 saturated heterocycles. The zero-order valence-electron chi connectivity index (χ0n) is 11.8. The lowest BCUT2D eigenvalue weighted by atomic mass is 10.2. The monoisotopic (exact) mass is 385 g/mol. The summed E-state index contributed by atoms with van der Waals surface area (Å²) in [5, 5.41) is 4.78. The molecule has 0 radical (unpaired) electrons. The molecule has 6 nitrogen and oxygen atoms in total. The molecular weight excluding hydrogens is 374 g/mol. The first-order chi connectivity index (χ1) is 10.5. The summed E-state index contributed by atoms with van der Waals surface area (Å²) in [6.45, 7) is 3.65. The second kappa shape index (κ2) is 6.93. The first kappa shape index (κ1) is 16.5. The molecule has 1 aromatic heterocycles. The maximum atomic E-state index is 12.3. The predicted octanol–water partition coefficient (Wildman–Crippen LogP) is 2.49. The number of benzene rings is 1. The van der Waals surface area contributed by atoms with Crippen molar-refractivity contribution in [1.82, 2.24) is 14.3 Å². The number of ether oxygens (including phenoxy) is 1. The van der Waals surface area contributed by atoms with Crippen LogP contribution in [0, 0.1) is 0 Å². The summed E-state index contributed by atoms with van der Waals surface area (Å²) in [6.07, 6.45) is 1.58. The van der Waals surface area contributed by atoms with Gasteiger partial charge in [-0.05, 0) is 34.1 Å². The SMILES string of the molecule is C=CCn1c(-c2ccc(Cl)cc2Br)nn(CC(=O)OC)c1=O. The molecule has 0 unspecified atom stereocenters. The minimum atomic E-state index is -0.549. The number of carbonyl (C=O) groups excluding carboxylic acids is 1. The Labute approximate surface area is 140 Å². The van der Waals surface area contributed by atoms with Gasteiger partial charge in [-0.25, -0.2) is 9.48 Å². The van der Waals surface area contributed by atoms with Crippen molar-refractivity contribution in [3.05, 3.63) is 50.8 Å². The molecule has 0 fully saturated rings. The first-order valence-corrected chi connectivity index (χ1v) is 7.45. The van der Waals surface area contributed by atoms with Crippen molar-refractivity contribution >= 4 is 33.5 Å². The lowest BCUT2D eigenvalue weighted by Gasteiger charge is -2.05. The van der Waals surface area contributed by atoms with Crippen LogP contribution in [0.15, 0.2) is 40.1 Å². The topological polar surface area (TPSA) is 66.1 Å². The Hall–Kier alpha value is -1.86. The fraction of sp³-hybridized carbons (Fsp3) is 0.214. The lowest BCUT2D eigenvalue weighted by Crippen LogP contribution is -2.28. The van der Waals surface area contributed by atoms with E-state index < -0.39 is 11.7 Å². The molecule has 0 saturated carbocycles. The van der Waals surface area contributed by atoms with E-state index in [1.807, 2.05) is 0 Å². The van der Waals surface area contributed by atoms with Gasteiger partial charge in [0.15, 0.2) is 5.82 Å². The highest BCUT2D eigenvalue weighted by molar-refractivity contribution is 9.10. The number of halogens is 2. The van der Waals surface area contributed by atoms with Crippen molar-refractivity contribution in [3.8, 4) is 11.4 Å². The molecule has 8 heteroatoms. The van der Waals surface area contributed by atoms with Crippen LogP contribution in [0.2, 0.25) is 5.02 Å². The van der Waals surface area contributed by atoms with Crippen molar-refractivity contribution < 1.29 is 9.53 Å². The fourth-order valence-electron chi connectivity index (χ4n) is 1.89. The van der Waals surface area contributed by atoms with Gasteiger partial charge in [0.2, 0.25) is 0 Å². The summed E-state index contributed by atoms with van der Waals surface area (Å²) >= 11 is 9.33. The van der Waals surface area contributed by atoms with Gasteiger partial charge in [-0.1, -0.05) is 17.7 Å². The molecule has 0 spiro atoms. The highest BCUT2D eigenvalue weighted by Gasteiger charge is 2.18. The van der Waals surface area contributed by atoms with Crippen LogP contribution >= 0.6 is 27.5 Å². The van der Waals surface area contributed by atoms with Crippen LogP contribution in [0.5, 0.6) is 0 Å². The number of hydrogen-bond donors (Lipinski definition) is 0. The minimum Gasteiger partial charge on any atom is -0.468 e. The van der Waals surface area contributed by atoms with Crippen molar-refractivity contribution in [2.45, 2.75) is 13.1 Å². The van der Waals surface area contributed by atoms with Crippen molar-refractivity contribution in [3.63, 3.8) is 0 Å². The smallest absolute Gasteiger partial charge is 0.347 e. The number of esters is 1. The summed E-state index contributed by atoms with van der Waals surface area (Å²) in [5.74, 6) is -0.135. The number of carbonyl (C=O) groups is 1. The van der Waals surface area contributed by atoms with Gasteiger partial charge >= 0.3 is 11.7 Å². The van der Waals surface area contributed by atoms with Crippen LogP contribution in [-0.4, -0.2) is 27.4 Å². The third-order valence-electron chi connectivity index (χ3n) is 2.91. The Morgan fingerprint density at radius 2 is 2.27 bits per heavy atom. The number of nitrogens with zero attached hydrogens (tertiary/aromatic N) is 3. The van der Waals surface area contributed by atoms with Gasteiger partial charge in [0.1, 0.15) is 6.54 Å². The summed E-state index contributed by atoms with van der Waals surface area (Å²) in [6, 6.07) is 5.15. The third-order valence-corrected chi connectivity index (χ3v) is 3.80. The molecule has 0 amide bonds. The zero-order valence-corrected chi connectivity index (χ0v) is 14.1. The standard InChI is InChI=1S/C14H13BrClN3O3/c1-3-6-18-13(10-5-4-9(16)7-11(10)15)17-19(14(18)21)8-12(20)22-2/h3-5,7H,1,6,8H2,2H3. The van der Waals surface area contributed by atoms with E-state index >= 15 is 0 Å². The summed E-state index contributed by atoms with van der Waals surface area (Å²) in [4.78, 5) is 23.7. The van der Waals surface area contributed by atoms with Gasteiger partial charge in [-0.2, -0.15) is 0 Å². The molecule has 0 atom stereocenters. The molecule has 22 heavy (non-hydrogen) atoms. The largest absolute Gasteiger partial charge is 0.468 e. The number of methoxy groups -OCH3 is 1. The van der Waals surface area contributed by atoms with Crippen LogP contribution in [0.3, 0.4) is 0 Å². The number of allylic oxidation sites excluding steroid dienone is 1. The predicted molar refractivity (Wildman–Crippen MR) is 86.8 cm³/mol. The van der Waals surface area contributed by atoms with Crippen LogP contribution in [0.4, 0.5) is 0 Å². The Kier molecular flexibility index (Phi) is 5.20.